The first-order valence-electron chi connectivity index (χ1n) is 6.49. The summed E-state index contributed by atoms with van der Waals surface area (Å²) in [5.74, 6) is 1.41. The van der Waals surface area contributed by atoms with E-state index in [0.717, 1.165) is 12.5 Å². The predicted octanol–water partition coefficient (Wildman–Crippen LogP) is 3.54. The van der Waals surface area contributed by atoms with Gasteiger partial charge >= 0.3 is 0 Å². The van der Waals surface area contributed by atoms with E-state index in [-0.39, 0.29) is 0 Å². The second kappa shape index (κ2) is 5.01. The first-order chi connectivity index (χ1) is 7.72. The maximum absolute atomic E-state index is 6.00. The second-order valence-corrected chi connectivity index (χ2v) is 5.25. The molecule has 0 amide bonds. The van der Waals surface area contributed by atoms with Gasteiger partial charge in [0.2, 0.25) is 0 Å². The molecule has 2 N–H and O–H groups in total. The van der Waals surface area contributed by atoms with Crippen molar-refractivity contribution in [1.29, 1.82) is 0 Å². The topological polar surface area (TPSA) is 26.0 Å². The molecule has 16 heavy (non-hydrogen) atoms. The third-order valence-electron chi connectivity index (χ3n) is 4.06. The summed E-state index contributed by atoms with van der Waals surface area (Å²) in [5.41, 5.74) is 10.3. The molecule has 0 spiro atoms. The van der Waals surface area contributed by atoms with Crippen LogP contribution in [0.15, 0.2) is 18.2 Å². The van der Waals surface area contributed by atoms with Gasteiger partial charge < -0.3 is 5.73 Å². The molecule has 1 saturated carbocycles. The van der Waals surface area contributed by atoms with Crippen LogP contribution in [0.5, 0.6) is 0 Å². The van der Waals surface area contributed by atoms with Crippen molar-refractivity contribution in [1.82, 2.24) is 0 Å². The molecule has 1 aromatic carbocycles. The normalized spacial score (nSPS) is 18.9. The first-order valence-corrected chi connectivity index (χ1v) is 6.49. The molecule has 1 atom stereocenters. The van der Waals surface area contributed by atoms with E-state index in [9.17, 15) is 0 Å². The molecule has 0 saturated heterocycles. The minimum Gasteiger partial charge on any atom is -0.330 e. The van der Waals surface area contributed by atoms with Crippen LogP contribution in [-0.4, -0.2) is 6.54 Å². The first kappa shape index (κ1) is 11.7. The zero-order valence-electron chi connectivity index (χ0n) is 10.5. The van der Waals surface area contributed by atoms with Crippen LogP contribution in [0.1, 0.15) is 48.3 Å². The Morgan fingerprint density at radius 1 is 1.25 bits per heavy atom. The van der Waals surface area contributed by atoms with Gasteiger partial charge in [-0.3, -0.25) is 0 Å². The Balaban J connectivity index is 2.28. The third-order valence-corrected chi connectivity index (χ3v) is 4.06. The second-order valence-electron chi connectivity index (χ2n) is 5.25. The van der Waals surface area contributed by atoms with Crippen molar-refractivity contribution in [3.63, 3.8) is 0 Å². The monoisotopic (exact) mass is 217 g/mol. The zero-order valence-corrected chi connectivity index (χ0v) is 10.5. The van der Waals surface area contributed by atoms with E-state index in [1.54, 1.807) is 0 Å². The fraction of sp³-hybridized carbons (Fsp3) is 0.600. The molecule has 2 rings (SSSR count). The summed E-state index contributed by atoms with van der Waals surface area (Å²) in [5, 5.41) is 0. The van der Waals surface area contributed by atoms with Crippen LogP contribution in [0.3, 0.4) is 0 Å². The average molecular weight is 217 g/mol. The van der Waals surface area contributed by atoms with Gasteiger partial charge in [0, 0.05) is 0 Å². The summed E-state index contributed by atoms with van der Waals surface area (Å²) in [4.78, 5) is 0. The lowest BCUT2D eigenvalue weighted by Crippen LogP contribution is -2.20. The number of aryl methyl sites for hydroxylation is 2. The van der Waals surface area contributed by atoms with Gasteiger partial charge in [-0.15, -0.1) is 0 Å². The fourth-order valence-corrected chi connectivity index (χ4v) is 3.09. The maximum Gasteiger partial charge on any atom is -0.000546 e. The molecule has 1 heteroatoms. The van der Waals surface area contributed by atoms with Gasteiger partial charge in [0.25, 0.3) is 0 Å². The van der Waals surface area contributed by atoms with Crippen LogP contribution in [-0.2, 0) is 0 Å². The molecule has 0 aromatic heterocycles. The van der Waals surface area contributed by atoms with Crippen LogP contribution in [0.2, 0.25) is 0 Å². The lowest BCUT2D eigenvalue weighted by Gasteiger charge is -2.24. The van der Waals surface area contributed by atoms with E-state index in [0.29, 0.717) is 5.92 Å². The quantitative estimate of drug-likeness (QED) is 0.823. The Hall–Kier alpha value is -0.820. The highest BCUT2D eigenvalue weighted by Crippen LogP contribution is 2.37. The van der Waals surface area contributed by atoms with Crippen molar-refractivity contribution in [2.45, 2.75) is 45.4 Å². The highest BCUT2D eigenvalue weighted by atomic mass is 14.6. The molecule has 1 fully saturated rings. The largest absolute Gasteiger partial charge is 0.330 e. The zero-order chi connectivity index (χ0) is 11.5. The smallest absolute Gasteiger partial charge is 0.000546 e. The Morgan fingerprint density at radius 2 is 1.94 bits per heavy atom. The molecule has 1 aromatic rings. The summed E-state index contributed by atoms with van der Waals surface area (Å²) in [6.45, 7) is 5.19. The minimum absolute atomic E-state index is 0.586. The number of hydrogen-bond donors (Lipinski definition) is 1. The predicted molar refractivity (Wildman–Crippen MR) is 69.7 cm³/mol. The highest BCUT2D eigenvalue weighted by molar-refractivity contribution is 5.34. The molecule has 0 heterocycles. The SMILES string of the molecule is Cc1ccc(C)c(C(CN)C2CCCC2)c1. The van der Waals surface area contributed by atoms with Gasteiger partial charge in [-0.2, -0.15) is 0 Å². The van der Waals surface area contributed by atoms with Crippen molar-refractivity contribution in [3.8, 4) is 0 Å². The van der Waals surface area contributed by atoms with E-state index in [4.69, 9.17) is 5.73 Å². The van der Waals surface area contributed by atoms with Gasteiger partial charge in [-0.25, -0.2) is 0 Å². The van der Waals surface area contributed by atoms with E-state index >= 15 is 0 Å². The number of hydrogen-bond acceptors (Lipinski definition) is 1. The molecular weight excluding hydrogens is 194 g/mol. The van der Waals surface area contributed by atoms with Gasteiger partial charge in [0.15, 0.2) is 0 Å². The van der Waals surface area contributed by atoms with Crippen LogP contribution < -0.4 is 5.73 Å². The van der Waals surface area contributed by atoms with Crippen molar-refractivity contribution in [2.24, 2.45) is 11.7 Å². The summed E-state index contributed by atoms with van der Waals surface area (Å²) in [7, 11) is 0. The van der Waals surface area contributed by atoms with Gasteiger partial charge in [0.1, 0.15) is 0 Å². The molecule has 1 aliphatic carbocycles. The molecule has 88 valence electrons. The highest BCUT2D eigenvalue weighted by Gasteiger charge is 2.26. The molecule has 1 aliphatic rings. The number of rotatable bonds is 3. The van der Waals surface area contributed by atoms with Crippen molar-refractivity contribution in [3.05, 3.63) is 34.9 Å². The van der Waals surface area contributed by atoms with E-state index < -0.39 is 0 Å². The van der Waals surface area contributed by atoms with E-state index in [1.165, 1.54) is 42.4 Å². The Labute approximate surface area is 99.0 Å². The average Bonchev–Trinajstić information content (AvgIpc) is 2.78. The molecule has 0 aliphatic heterocycles. The van der Waals surface area contributed by atoms with E-state index in [2.05, 4.69) is 32.0 Å². The molecule has 1 nitrogen and oxygen atoms in total. The Bertz CT molecular complexity index is 350. The molecule has 0 radical (unpaired) electrons. The summed E-state index contributed by atoms with van der Waals surface area (Å²) < 4.78 is 0. The maximum atomic E-state index is 6.00. The third kappa shape index (κ3) is 2.30. The summed E-state index contributed by atoms with van der Waals surface area (Å²) in [6.07, 6.45) is 5.53. The molecular formula is C15H23N. The summed E-state index contributed by atoms with van der Waals surface area (Å²) >= 11 is 0. The van der Waals surface area contributed by atoms with Gasteiger partial charge in [-0.1, -0.05) is 36.6 Å². The number of nitrogens with two attached hydrogens (primary N) is 1. The lowest BCUT2D eigenvalue weighted by molar-refractivity contribution is 0.439. The standard InChI is InChI=1S/C15H23N/c1-11-7-8-12(2)14(9-11)15(10-16)13-5-3-4-6-13/h7-9,13,15H,3-6,10,16H2,1-2H3. The van der Waals surface area contributed by atoms with E-state index in [1.807, 2.05) is 0 Å². The van der Waals surface area contributed by atoms with Crippen LogP contribution >= 0.6 is 0 Å². The Morgan fingerprint density at radius 3 is 2.56 bits per heavy atom. The van der Waals surface area contributed by atoms with Crippen LogP contribution in [0.4, 0.5) is 0 Å². The Kier molecular flexibility index (Phi) is 3.65. The van der Waals surface area contributed by atoms with Gasteiger partial charge in [0.05, 0.1) is 0 Å². The van der Waals surface area contributed by atoms with Crippen LogP contribution in [0, 0.1) is 19.8 Å². The fourth-order valence-electron chi connectivity index (χ4n) is 3.09. The van der Waals surface area contributed by atoms with Crippen molar-refractivity contribution < 1.29 is 0 Å². The van der Waals surface area contributed by atoms with Crippen molar-refractivity contribution in [2.75, 3.05) is 6.54 Å². The van der Waals surface area contributed by atoms with Crippen LogP contribution in [0.25, 0.3) is 0 Å². The van der Waals surface area contributed by atoms with Gasteiger partial charge in [-0.05, 0) is 56.2 Å². The minimum atomic E-state index is 0.586. The lowest BCUT2D eigenvalue weighted by atomic mass is 9.82. The van der Waals surface area contributed by atoms with Crippen molar-refractivity contribution >= 4 is 0 Å². The number of benzene rings is 1. The molecule has 0 bridgehead atoms. The summed E-state index contributed by atoms with van der Waals surface area (Å²) in [6, 6.07) is 6.77. The molecule has 1 unspecified atom stereocenters.